The van der Waals surface area contributed by atoms with Gasteiger partial charge in [0.2, 0.25) is 0 Å². The van der Waals surface area contributed by atoms with Gasteiger partial charge >= 0.3 is 0 Å². The van der Waals surface area contributed by atoms with E-state index in [1.807, 2.05) is 41.5 Å². The molecule has 0 aliphatic carbocycles. The van der Waals surface area contributed by atoms with E-state index in [2.05, 4.69) is 38.2 Å². The van der Waals surface area contributed by atoms with Gasteiger partial charge in [0, 0.05) is 6.54 Å². The zero-order valence-electron chi connectivity index (χ0n) is 14.4. The summed E-state index contributed by atoms with van der Waals surface area (Å²) < 4.78 is 0. The van der Waals surface area contributed by atoms with Gasteiger partial charge in [-0.15, -0.1) is 0 Å². The summed E-state index contributed by atoms with van der Waals surface area (Å²) >= 11 is 0. The maximum absolute atomic E-state index is 3.43. The molecule has 1 N–H and O–H groups in total. The van der Waals surface area contributed by atoms with Crippen LogP contribution in [0.15, 0.2) is 23.3 Å². The van der Waals surface area contributed by atoms with Gasteiger partial charge < -0.3 is 5.32 Å². The third-order valence-electron chi connectivity index (χ3n) is 2.63. The zero-order chi connectivity index (χ0) is 15.0. The van der Waals surface area contributed by atoms with E-state index in [1.165, 1.54) is 17.6 Å². The molecule has 1 heterocycles. The number of nitrogens with one attached hydrogen (secondary N) is 1. The van der Waals surface area contributed by atoms with Crippen molar-refractivity contribution >= 4 is 0 Å². The van der Waals surface area contributed by atoms with Crippen LogP contribution in [0.3, 0.4) is 0 Å². The Balaban J connectivity index is -0.000000328. The smallest absolute Gasteiger partial charge is 0.0204 e. The number of hydrogen-bond acceptors (Lipinski definition) is 1. The second-order valence-electron chi connectivity index (χ2n) is 3.42. The average molecular weight is 255 g/mol. The van der Waals surface area contributed by atoms with Crippen molar-refractivity contribution in [3.8, 4) is 0 Å². The van der Waals surface area contributed by atoms with Crippen LogP contribution in [-0.2, 0) is 0 Å². The van der Waals surface area contributed by atoms with E-state index in [0.29, 0.717) is 0 Å². The maximum Gasteiger partial charge on any atom is 0.0204 e. The fraction of sp³-hybridized carbons (Fsp3) is 0.765. The van der Waals surface area contributed by atoms with Crippen LogP contribution in [0.5, 0.6) is 0 Å². The van der Waals surface area contributed by atoms with Gasteiger partial charge in [-0.25, -0.2) is 0 Å². The highest BCUT2D eigenvalue weighted by Gasteiger charge is 2.14. The van der Waals surface area contributed by atoms with Crippen LogP contribution in [0.2, 0.25) is 0 Å². The topological polar surface area (TPSA) is 12.0 Å². The molecule has 0 aromatic heterocycles. The predicted octanol–water partition coefficient (Wildman–Crippen LogP) is 5.59. The third-order valence-corrected chi connectivity index (χ3v) is 2.63. The monoisotopic (exact) mass is 255 g/mol. The van der Waals surface area contributed by atoms with Crippen molar-refractivity contribution in [2.75, 3.05) is 13.1 Å². The van der Waals surface area contributed by atoms with E-state index in [0.717, 1.165) is 19.0 Å². The maximum atomic E-state index is 3.43. The molecule has 0 spiro atoms. The highest BCUT2D eigenvalue weighted by atomic mass is 14.9. The molecule has 1 atom stereocenters. The molecular formula is C17H37N. The molecule has 1 nitrogen and oxygen atoms in total. The van der Waals surface area contributed by atoms with Crippen LogP contribution < -0.4 is 5.32 Å². The molecule has 1 unspecified atom stereocenters. The first-order chi connectivity index (χ1) is 8.79. The van der Waals surface area contributed by atoms with Crippen molar-refractivity contribution in [3.05, 3.63) is 23.3 Å². The minimum Gasteiger partial charge on any atom is -0.313 e. The van der Waals surface area contributed by atoms with Crippen LogP contribution in [0.25, 0.3) is 0 Å². The van der Waals surface area contributed by atoms with Crippen molar-refractivity contribution in [3.63, 3.8) is 0 Å². The summed E-state index contributed by atoms with van der Waals surface area (Å²) in [6.07, 6.45) is 5.74. The summed E-state index contributed by atoms with van der Waals surface area (Å²) in [4.78, 5) is 0. The lowest BCUT2D eigenvalue weighted by Crippen LogP contribution is -2.15. The van der Waals surface area contributed by atoms with Crippen LogP contribution in [0, 0.1) is 5.92 Å². The van der Waals surface area contributed by atoms with E-state index < -0.39 is 0 Å². The Morgan fingerprint density at radius 3 is 1.83 bits per heavy atom. The summed E-state index contributed by atoms with van der Waals surface area (Å²) in [5.41, 5.74) is 3.00. The second kappa shape index (κ2) is 18.8. The Morgan fingerprint density at radius 1 is 0.944 bits per heavy atom. The van der Waals surface area contributed by atoms with Gasteiger partial charge in [0.05, 0.1) is 0 Å². The molecule has 0 aromatic rings. The third kappa shape index (κ3) is 9.47. The molecule has 1 aliphatic heterocycles. The lowest BCUT2D eigenvalue weighted by Gasteiger charge is -2.13. The SMILES string of the molecule is C/C=C1\C(=C/C)CNCCC1C.CC.CC.CC. The van der Waals surface area contributed by atoms with Crippen LogP contribution in [0.4, 0.5) is 0 Å². The summed E-state index contributed by atoms with van der Waals surface area (Å²) in [6.45, 7) is 20.8. The second-order valence-corrected chi connectivity index (χ2v) is 3.42. The van der Waals surface area contributed by atoms with Crippen LogP contribution >= 0.6 is 0 Å². The van der Waals surface area contributed by atoms with Gasteiger partial charge in [-0.05, 0) is 43.9 Å². The Labute approximate surface area is 117 Å². The largest absolute Gasteiger partial charge is 0.313 e. The normalized spacial score (nSPS) is 22.6. The summed E-state index contributed by atoms with van der Waals surface area (Å²) in [5.74, 6) is 0.719. The highest BCUT2D eigenvalue weighted by molar-refractivity contribution is 5.33. The predicted molar refractivity (Wildman–Crippen MR) is 88.2 cm³/mol. The number of hydrogen-bond donors (Lipinski definition) is 1. The van der Waals surface area contributed by atoms with Crippen molar-refractivity contribution in [1.29, 1.82) is 0 Å². The summed E-state index contributed by atoms with van der Waals surface area (Å²) in [6, 6.07) is 0. The summed E-state index contributed by atoms with van der Waals surface area (Å²) in [7, 11) is 0. The van der Waals surface area contributed by atoms with Crippen LogP contribution in [-0.4, -0.2) is 13.1 Å². The van der Waals surface area contributed by atoms with E-state index in [1.54, 1.807) is 0 Å². The average Bonchev–Trinajstić information content (AvgIpc) is 2.66. The van der Waals surface area contributed by atoms with Gasteiger partial charge in [0.15, 0.2) is 0 Å². The minimum absolute atomic E-state index is 0.719. The fourth-order valence-corrected chi connectivity index (χ4v) is 1.85. The van der Waals surface area contributed by atoms with Crippen molar-refractivity contribution < 1.29 is 0 Å². The van der Waals surface area contributed by atoms with E-state index in [4.69, 9.17) is 0 Å². The lowest BCUT2D eigenvalue weighted by molar-refractivity contribution is 0.610. The van der Waals surface area contributed by atoms with Gasteiger partial charge in [0.25, 0.3) is 0 Å². The molecule has 1 heteroatoms. The molecule has 18 heavy (non-hydrogen) atoms. The summed E-state index contributed by atoms with van der Waals surface area (Å²) in [5, 5.41) is 3.43. The molecular weight excluding hydrogens is 218 g/mol. The van der Waals surface area contributed by atoms with E-state index in [9.17, 15) is 0 Å². The first-order valence-corrected chi connectivity index (χ1v) is 7.82. The Hall–Kier alpha value is -0.560. The van der Waals surface area contributed by atoms with E-state index in [-0.39, 0.29) is 0 Å². The number of rotatable bonds is 0. The molecule has 0 bridgehead atoms. The fourth-order valence-electron chi connectivity index (χ4n) is 1.85. The first-order valence-electron chi connectivity index (χ1n) is 7.82. The molecule has 110 valence electrons. The molecule has 0 radical (unpaired) electrons. The van der Waals surface area contributed by atoms with Crippen molar-refractivity contribution in [1.82, 2.24) is 5.32 Å². The molecule has 0 aromatic carbocycles. The minimum atomic E-state index is 0.719. The van der Waals surface area contributed by atoms with Crippen molar-refractivity contribution in [2.24, 2.45) is 5.92 Å². The molecule has 1 fully saturated rings. The molecule has 0 saturated carbocycles. The Kier molecular flexibility index (Phi) is 23.6. The highest BCUT2D eigenvalue weighted by Crippen LogP contribution is 2.23. The first kappa shape index (κ1) is 22.6. The quantitative estimate of drug-likeness (QED) is 0.595. The van der Waals surface area contributed by atoms with E-state index >= 15 is 0 Å². The lowest BCUT2D eigenvalue weighted by atomic mass is 9.92. The Morgan fingerprint density at radius 2 is 1.44 bits per heavy atom. The molecule has 1 saturated heterocycles. The zero-order valence-corrected chi connectivity index (χ0v) is 14.4. The molecule has 1 rings (SSSR count). The van der Waals surface area contributed by atoms with Gasteiger partial charge in [-0.3, -0.25) is 0 Å². The van der Waals surface area contributed by atoms with Gasteiger partial charge in [-0.1, -0.05) is 60.6 Å². The van der Waals surface area contributed by atoms with Crippen LogP contribution in [0.1, 0.15) is 68.7 Å². The van der Waals surface area contributed by atoms with Crippen molar-refractivity contribution in [2.45, 2.75) is 68.7 Å². The van der Waals surface area contributed by atoms with Gasteiger partial charge in [0.1, 0.15) is 0 Å². The molecule has 1 aliphatic rings. The number of allylic oxidation sites excluding steroid dienone is 2. The molecule has 0 amide bonds. The van der Waals surface area contributed by atoms with Gasteiger partial charge in [-0.2, -0.15) is 0 Å². The Bertz CT molecular complexity index is 202. The standard InChI is InChI=1S/C11H19N.3C2H6/c1-4-10-8-12-7-6-9(3)11(10)5-2;3*1-2/h4-5,9,12H,6-8H2,1-3H3;3*1-2H3/b10-4-,11-5-;;;.